The molecule has 0 N–H and O–H groups in total. The molecule has 0 spiro atoms. The third-order valence-corrected chi connectivity index (χ3v) is 3.87. The average Bonchev–Trinajstić information content (AvgIpc) is 2.44. The summed E-state index contributed by atoms with van der Waals surface area (Å²) in [6.45, 7) is 4.05. The number of carbonyl (C=O) groups is 1. The Bertz CT molecular complexity index is 629. The Hall–Kier alpha value is -2.09. The molecule has 2 aromatic rings. The Kier molecular flexibility index (Phi) is 2.86. The van der Waals surface area contributed by atoms with Crippen LogP contribution in [0, 0.1) is 13.8 Å². The van der Waals surface area contributed by atoms with Crippen molar-refractivity contribution in [2.75, 3.05) is 0 Å². The zero-order chi connectivity index (χ0) is 13.4. The molecule has 0 unspecified atom stereocenters. The molecule has 0 aliphatic carbocycles. The molecule has 1 aliphatic heterocycles. The molecule has 2 heteroatoms. The second-order valence-corrected chi connectivity index (χ2v) is 5.07. The Labute approximate surface area is 113 Å². The first kappa shape index (κ1) is 12.0. The van der Waals surface area contributed by atoms with Crippen molar-refractivity contribution in [3.8, 4) is 5.75 Å². The highest BCUT2D eigenvalue weighted by atomic mass is 16.5. The van der Waals surface area contributed by atoms with Gasteiger partial charge in [-0.2, -0.15) is 0 Å². The highest BCUT2D eigenvalue weighted by molar-refractivity contribution is 5.78. The maximum absolute atomic E-state index is 11.9. The molecule has 0 saturated carbocycles. The number of aryl methyl sites for hydroxylation is 1. The summed E-state index contributed by atoms with van der Waals surface area (Å²) in [5.41, 5.74) is 4.50. The minimum atomic E-state index is -0.143. The minimum absolute atomic E-state index is 0.108. The third-order valence-electron chi connectivity index (χ3n) is 3.87. The van der Waals surface area contributed by atoms with E-state index in [-0.39, 0.29) is 11.9 Å². The molecule has 3 rings (SSSR count). The zero-order valence-corrected chi connectivity index (χ0v) is 11.1. The van der Waals surface area contributed by atoms with Gasteiger partial charge in [-0.3, -0.25) is 4.79 Å². The van der Waals surface area contributed by atoms with E-state index < -0.39 is 0 Å². The summed E-state index contributed by atoms with van der Waals surface area (Å²) >= 11 is 0. The minimum Gasteiger partial charge on any atom is -0.426 e. The second kappa shape index (κ2) is 4.54. The second-order valence-electron chi connectivity index (χ2n) is 5.07. The molecule has 19 heavy (non-hydrogen) atoms. The van der Waals surface area contributed by atoms with E-state index >= 15 is 0 Å². The van der Waals surface area contributed by atoms with Crippen LogP contribution in [-0.4, -0.2) is 5.97 Å². The van der Waals surface area contributed by atoms with Gasteiger partial charge in [0.2, 0.25) is 0 Å². The normalized spacial score (nSPS) is 17.8. The van der Waals surface area contributed by atoms with Crippen molar-refractivity contribution >= 4 is 5.97 Å². The fourth-order valence-electron chi connectivity index (χ4n) is 2.64. The van der Waals surface area contributed by atoms with Crippen molar-refractivity contribution in [1.29, 1.82) is 0 Å². The predicted octanol–water partition coefficient (Wildman–Crippen LogP) is 3.74. The monoisotopic (exact) mass is 252 g/mol. The van der Waals surface area contributed by atoms with Crippen LogP contribution in [0.3, 0.4) is 0 Å². The first-order chi connectivity index (χ1) is 9.16. The lowest BCUT2D eigenvalue weighted by atomic mass is 9.85. The Morgan fingerprint density at radius 3 is 2.53 bits per heavy atom. The van der Waals surface area contributed by atoms with Crippen LogP contribution in [0.15, 0.2) is 42.5 Å². The van der Waals surface area contributed by atoms with Crippen molar-refractivity contribution in [1.82, 2.24) is 0 Å². The first-order valence-electron chi connectivity index (χ1n) is 6.52. The van der Waals surface area contributed by atoms with Gasteiger partial charge < -0.3 is 4.74 Å². The summed E-state index contributed by atoms with van der Waals surface area (Å²) in [6, 6.07) is 14.3. The molecule has 0 bridgehead atoms. The molecule has 0 fully saturated rings. The summed E-state index contributed by atoms with van der Waals surface area (Å²) in [5, 5.41) is 0. The van der Waals surface area contributed by atoms with E-state index in [9.17, 15) is 4.79 Å². The van der Waals surface area contributed by atoms with Gasteiger partial charge in [-0.25, -0.2) is 0 Å². The number of esters is 1. The van der Waals surface area contributed by atoms with Crippen LogP contribution in [0.5, 0.6) is 5.75 Å². The van der Waals surface area contributed by atoms with E-state index in [2.05, 4.69) is 24.3 Å². The maximum atomic E-state index is 11.9. The summed E-state index contributed by atoms with van der Waals surface area (Å²) in [6.07, 6.45) is 0.416. The number of benzene rings is 2. The Morgan fingerprint density at radius 1 is 1.05 bits per heavy atom. The molecule has 1 aliphatic rings. The lowest BCUT2D eigenvalue weighted by Crippen LogP contribution is -2.22. The smallest absolute Gasteiger partial charge is 0.312 e. The van der Waals surface area contributed by atoms with Crippen LogP contribution in [0.2, 0.25) is 0 Å². The van der Waals surface area contributed by atoms with Crippen LogP contribution in [0.25, 0.3) is 0 Å². The fourth-order valence-corrected chi connectivity index (χ4v) is 2.64. The van der Waals surface area contributed by atoms with E-state index in [0.717, 1.165) is 22.4 Å². The van der Waals surface area contributed by atoms with Crippen LogP contribution in [-0.2, 0) is 4.79 Å². The highest BCUT2D eigenvalue weighted by Crippen LogP contribution is 2.41. The third kappa shape index (κ3) is 2.03. The van der Waals surface area contributed by atoms with E-state index in [1.54, 1.807) is 0 Å². The van der Waals surface area contributed by atoms with Crippen LogP contribution in [0.4, 0.5) is 0 Å². The Morgan fingerprint density at radius 2 is 1.79 bits per heavy atom. The van der Waals surface area contributed by atoms with Gasteiger partial charge in [-0.05, 0) is 30.5 Å². The SMILES string of the molecule is Cc1ccc2c(c1C)OC(=O)C[C@H]2c1ccccc1. The van der Waals surface area contributed by atoms with Crippen molar-refractivity contribution in [3.63, 3.8) is 0 Å². The molecular formula is C17H16O2. The van der Waals surface area contributed by atoms with Crippen LogP contribution < -0.4 is 4.74 Å². The largest absolute Gasteiger partial charge is 0.426 e. The van der Waals surface area contributed by atoms with Crippen molar-refractivity contribution in [2.24, 2.45) is 0 Å². The van der Waals surface area contributed by atoms with Crippen molar-refractivity contribution in [2.45, 2.75) is 26.2 Å². The fraction of sp³-hybridized carbons (Fsp3) is 0.235. The molecule has 0 aromatic heterocycles. The van der Waals surface area contributed by atoms with Gasteiger partial charge in [0.25, 0.3) is 0 Å². The van der Waals surface area contributed by atoms with Crippen molar-refractivity contribution in [3.05, 3.63) is 64.7 Å². The molecule has 2 nitrogen and oxygen atoms in total. The topological polar surface area (TPSA) is 26.3 Å². The number of ether oxygens (including phenoxy) is 1. The van der Waals surface area contributed by atoms with Gasteiger partial charge in [0.1, 0.15) is 5.75 Å². The van der Waals surface area contributed by atoms with Crippen LogP contribution in [0.1, 0.15) is 34.6 Å². The van der Waals surface area contributed by atoms with Gasteiger partial charge in [0, 0.05) is 11.5 Å². The quantitative estimate of drug-likeness (QED) is 0.571. The van der Waals surface area contributed by atoms with Gasteiger partial charge in [0.05, 0.1) is 6.42 Å². The predicted molar refractivity (Wildman–Crippen MR) is 74.5 cm³/mol. The lowest BCUT2D eigenvalue weighted by molar-refractivity contribution is -0.135. The molecule has 0 saturated heterocycles. The molecular weight excluding hydrogens is 236 g/mol. The van der Waals surface area contributed by atoms with E-state index in [4.69, 9.17) is 4.74 Å². The maximum Gasteiger partial charge on any atom is 0.312 e. The summed E-state index contributed by atoms with van der Waals surface area (Å²) in [7, 11) is 0. The molecule has 2 aromatic carbocycles. The highest BCUT2D eigenvalue weighted by Gasteiger charge is 2.29. The van der Waals surface area contributed by atoms with Gasteiger partial charge in [-0.15, -0.1) is 0 Å². The number of hydrogen-bond acceptors (Lipinski definition) is 2. The van der Waals surface area contributed by atoms with E-state index in [1.807, 2.05) is 32.0 Å². The number of rotatable bonds is 1. The summed E-state index contributed by atoms with van der Waals surface area (Å²) in [4.78, 5) is 11.9. The van der Waals surface area contributed by atoms with E-state index in [0.29, 0.717) is 6.42 Å². The van der Waals surface area contributed by atoms with Crippen molar-refractivity contribution < 1.29 is 9.53 Å². The molecule has 0 amide bonds. The van der Waals surface area contributed by atoms with Crippen LogP contribution >= 0.6 is 0 Å². The van der Waals surface area contributed by atoms with Gasteiger partial charge >= 0.3 is 5.97 Å². The molecule has 1 atom stereocenters. The number of hydrogen-bond donors (Lipinski definition) is 0. The van der Waals surface area contributed by atoms with Gasteiger partial charge in [-0.1, -0.05) is 42.5 Å². The Balaban J connectivity index is 2.16. The summed E-state index contributed by atoms with van der Waals surface area (Å²) < 4.78 is 5.46. The molecule has 0 radical (unpaired) electrons. The lowest BCUT2D eigenvalue weighted by Gasteiger charge is -2.26. The standard InChI is InChI=1S/C17H16O2/c1-11-8-9-14-15(13-6-4-3-5-7-13)10-16(18)19-17(14)12(11)2/h3-9,15H,10H2,1-2H3/t15-/m0/s1. The molecule has 96 valence electrons. The zero-order valence-electron chi connectivity index (χ0n) is 11.1. The number of fused-ring (bicyclic) bond motifs is 1. The molecule has 1 heterocycles. The average molecular weight is 252 g/mol. The first-order valence-corrected chi connectivity index (χ1v) is 6.52. The van der Waals surface area contributed by atoms with E-state index in [1.165, 1.54) is 5.56 Å². The number of carbonyl (C=O) groups excluding carboxylic acids is 1. The van der Waals surface area contributed by atoms with Gasteiger partial charge in [0.15, 0.2) is 0 Å². The summed E-state index contributed by atoms with van der Waals surface area (Å²) in [5.74, 6) is 0.719.